The third-order valence-electron chi connectivity index (χ3n) is 4.03. The number of nitrogens with two attached hydrogens (primary N) is 1. The lowest BCUT2D eigenvalue weighted by Crippen LogP contribution is -2.27. The van der Waals surface area contributed by atoms with Gasteiger partial charge in [0.15, 0.2) is 10.9 Å². The number of nitrogens with zero attached hydrogens (tertiary/aromatic N) is 6. The maximum Gasteiger partial charge on any atom is 0.228 e. The fraction of sp³-hybridized carbons (Fsp3) is 0.158. The molecule has 0 fully saturated rings. The number of hydrazone groups is 1. The van der Waals surface area contributed by atoms with E-state index in [2.05, 4.69) is 25.4 Å². The first kappa shape index (κ1) is 20.1. The van der Waals surface area contributed by atoms with Gasteiger partial charge in [-0.05, 0) is 37.3 Å². The zero-order chi connectivity index (χ0) is 21.0. The molecular formula is C19H20N8OS. The lowest BCUT2D eigenvalue weighted by Gasteiger charge is -2.11. The molecule has 0 bridgehead atoms. The van der Waals surface area contributed by atoms with E-state index in [1.54, 1.807) is 43.8 Å². The van der Waals surface area contributed by atoms with Gasteiger partial charge in [-0.25, -0.2) is 20.0 Å². The Hall–Kier alpha value is -3.66. The van der Waals surface area contributed by atoms with Gasteiger partial charge in [0.2, 0.25) is 5.95 Å². The van der Waals surface area contributed by atoms with Crippen LogP contribution in [0.5, 0.6) is 0 Å². The lowest BCUT2D eigenvalue weighted by atomic mass is 10.1. The number of nitrogens with one attached hydrogen (secondary N) is 1. The van der Waals surface area contributed by atoms with Crippen LogP contribution >= 0.6 is 12.2 Å². The molecule has 2 aromatic heterocycles. The van der Waals surface area contributed by atoms with E-state index < -0.39 is 0 Å². The Morgan fingerprint density at radius 1 is 1.34 bits per heavy atom. The molecule has 0 amide bonds. The molecule has 9 nitrogen and oxygen atoms in total. The summed E-state index contributed by atoms with van der Waals surface area (Å²) < 4.78 is 1.85. The fourth-order valence-electron chi connectivity index (χ4n) is 2.47. The van der Waals surface area contributed by atoms with Crippen molar-refractivity contribution < 1.29 is 4.79 Å². The number of imidazole rings is 1. The highest BCUT2D eigenvalue weighted by atomic mass is 32.1. The lowest BCUT2D eigenvalue weighted by molar-refractivity contribution is 0.101. The van der Waals surface area contributed by atoms with Crippen molar-refractivity contribution in [2.75, 3.05) is 12.4 Å². The van der Waals surface area contributed by atoms with Crippen molar-refractivity contribution >= 4 is 41.0 Å². The zero-order valence-electron chi connectivity index (χ0n) is 16.2. The summed E-state index contributed by atoms with van der Waals surface area (Å²) in [6.45, 7) is 1.52. The number of hydrogen-bond acceptors (Lipinski definition) is 7. The van der Waals surface area contributed by atoms with Gasteiger partial charge in [-0.1, -0.05) is 12.1 Å². The van der Waals surface area contributed by atoms with Crippen molar-refractivity contribution in [2.45, 2.75) is 6.92 Å². The first-order chi connectivity index (χ1) is 13.8. The van der Waals surface area contributed by atoms with Crippen molar-refractivity contribution in [1.29, 1.82) is 0 Å². The average molecular weight is 408 g/mol. The molecule has 0 aliphatic carbocycles. The van der Waals surface area contributed by atoms with Crippen LogP contribution in [0.4, 0.5) is 11.6 Å². The first-order valence-corrected chi connectivity index (χ1v) is 9.05. The monoisotopic (exact) mass is 408 g/mol. The largest absolute Gasteiger partial charge is 0.375 e. The number of ketones is 1. The minimum absolute atomic E-state index is 0.0215. The molecule has 148 valence electrons. The van der Waals surface area contributed by atoms with Gasteiger partial charge >= 0.3 is 0 Å². The Labute approximate surface area is 173 Å². The van der Waals surface area contributed by atoms with Gasteiger partial charge < -0.3 is 15.6 Å². The maximum absolute atomic E-state index is 11.6. The number of Topliss-reactive ketones (excluding diaryl/α,β-unsaturated/α-hetero) is 1. The highest BCUT2D eigenvalue weighted by Gasteiger charge is 2.10. The summed E-state index contributed by atoms with van der Waals surface area (Å²) in [5.41, 5.74) is 8.86. The number of aromatic nitrogens is 4. The van der Waals surface area contributed by atoms with E-state index in [0.29, 0.717) is 28.6 Å². The summed E-state index contributed by atoms with van der Waals surface area (Å²) in [5.74, 6) is 0.329. The molecule has 0 aliphatic heterocycles. The van der Waals surface area contributed by atoms with E-state index in [0.717, 1.165) is 5.69 Å². The van der Waals surface area contributed by atoms with Crippen LogP contribution in [0.3, 0.4) is 0 Å². The van der Waals surface area contributed by atoms with Crippen molar-refractivity contribution in [3.8, 4) is 11.4 Å². The van der Waals surface area contributed by atoms with Gasteiger partial charge in [0, 0.05) is 25.3 Å². The van der Waals surface area contributed by atoms with Gasteiger partial charge in [0.1, 0.15) is 0 Å². The standard InChI is InChI=1S/C19H20N8OS/c1-12(28)13-5-4-6-14(7-13)23-19-24-15(9-22-27(3)18(20)29)8-16(25-19)17-10-21-11-26(17)2/h4-11H,1-3H3,(H2,20,29)(H,23,24,25)/b22-9+. The predicted molar refractivity (Wildman–Crippen MR) is 116 cm³/mol. The molecule has 0 unspecified atom stereocenters. The van der Waals surface area contributed by atoms with Crippen LogP contribution in [0.25, 0.3) is 11.4 Å². The molecule has 0 atom stereocenters. The number of benzene rings is 1. The van der Waals surface area contributed by atoms with Crippen molar-refractivity contribution in [1.82, 2.24) is 24.5 Å². The minimum atomic E-state index is -0.0215. The third-order valence-corrected chi connectivity index (χ3v) is 4.30. The number of aryl methyl sites for hydroxylation is 1. The summed E-state index contributed by atoms with van der Waals surface area (Å²) in [4.78, 5) is 24.8. The van der Waals surface area contributed by atoms with E-state index in [9.17, 15) is 4.79 Å². The second kappa shape index (κ2) is 8.57. The summed E-state index contributed by atoms with van der Waals surface area (Å²) in [6.07, 6.45) is 4.94. The van der Waals surface area contributed by atoms with Gasteiger partial charge in [-0.2, -0.15) is 5.10 Å². The molecule has 10 heteroatoms. The molecule has 2 heterocycles. The number of rotatable bonds is 6. The van der Waals surface area contributed by atoms with Crippen LogP contribution in [0.2, 0.25) is 0 Å². The van der Waals surface area contributed by atoms with Crippen LogP contribution in [-0.2, 0) is 7.05 Å². The Kier molecular flexibility index (Phi) is 5.93. The summed E-state index contributed by atoms with van der Waals surface area (Å²) in [5, 5.41) is 8.83. The van der Waals surface area contributed by atoms with E-state index in [4.69, 9.17) is 18.0 Å². The first-order valence-electron chi connectivity index (χ1n) is 8.64. The molecule has 0 saturated heterocycles. The van der Waals surface area contributed by atoms with Gasteiger partial charge in [-0.3, -0.25) is 4.79 Å². The van der Waals surface area contributed by atoms with Crippen molar-refractivity contribution in [3.05, 3.63) is 54.1 Å². The Bertz CT molecular complexity index is 1090. The molecule has 1 aromatic carbocycles. The highest BCUT2D eigenvalue weighted by Crippen LogP contribution is 2.21. The molecule has 3 aromatic rings. The van der Waals surface area contributed by atoms with Gasteiger partial charge in [0.05, 0.1) is 35.8 Å². The van der Waals surface area contributed by atoms with Crippen molar-refractivity contribution in [2.24, 2.45) is 17.9 Å². The maximum atomic E-state index is 11.6. The van der Waals surface area contributed by atoms with E-state index >= 15 is 0 Å². The van der Waals surface area contributed by atoms with Crippen LogP contribution in [0.1, 0.15) is 23.0 Å². The normalized spacial score (nSPS) is 10.9. The molecule has 0 aliphatic rings. The Morgan fingerprint density at radius 3 is 2.79 bits per heavy atom. The van der Waals surface area contributed by atoms with Crippen molar-refractivity contribution in [3.63, 3.8) is 0 Å². The molecule has 29 heavy (non-hydrogen) atoms. The number of anilines is 2. The highest BCUT2D eigenvalue weighted by molar-refractivity contribution is 7.80. The van der Waals surface area contributed by atoms with E-state index in [1.165, 1.54) is 18.1 Å². The van der Waals surface area contributed by atoms with E-state index in [-0.39, 0.29) is 10.9 Å². The molecule has 0 saturated carbocycles. The Balaban J connectivity index is 2.00. The SMILES string of the molecule is CC(=O)c1cccc(Nc2nc(/C=N/N(C)C(N)=S)cc(-c3cncn3C)n2)c1. The average Bonchev–Trinajstić information content (AvgIpc) is 3.12. The van der Waals surface area contributed by atoms with Gasteiger partial charge in [-0.15, -0.1) is 0 Å². The molecule has 0 radical (unpaired) electrons. The molecular weight excluding hydrogens is 388 g/mol. The van der Waals surface area contributed by atoms with Gasteiger partial charge in [0.25, 0.3) is 0 Å². The molecule has 3 N–H and O–H groups in total. The summed E-state index contributed by atoms with van der Waals surface area (Å²) >= 11 is 4.89. The summed E-state index contributed by atoms with van der Waals surface area (Å²) in [7, 11) is 3.52. The third kappa shape index (κ3) is 4.99. The van der Waals surface area contributed by atoms with E-state index in [1.807, 2.05) is 17.7 Å². The van der Waals surface area contributed by atoms with Crippen LogP contribution < -0.4 is 11.1 Å². The second-order valence-corrected chi connectivity index (χ2v) is 6.68. The number of thiocarbonyl (C=S) groups is 1. The Morgan fingerprint density at radius 2 is 2.14 bits per heavy atom. The number of hydrogen-bond donors (Lipinski definition) is 2. The van der Waals surface area contributed by atoms with Crippen LogP contribution in [0, 0.1) is 0 Å². The zero-order valence-corrected chi connectivity index (χ0v) is 17.0. The summed E-state index contributed by atoms with van der Waals surface area (Å²) in [6, 6.07) is 8.91. The minimum Gasteiger partial charge on any atom is -0.375 e. The van der Waals surface area contributed by atoms with Crippen LogP contribution in [-0.4, -0.2) is 48.7 Å². The number of carbonyl (C=O) groups excluding carboxylic acids is 1. The topological polar surface area (TPSA) is 114 Å². The quantitative estimate of drug-likeness (QED) is 0.276. The fourth-order valence-corrected chi connectivity index (χ4v) is 2.52. The van der Waals surface area contributed by atoms with Crippen LogP contribution in [0.15, 0.2) is 48.0 Å². The number of carbonyl (C=O) groups is 1. The predicted octanol–water partition coefficient (Wildman–Crippen LogP) is 2.33. The smallest absolute Gasteiger partial charge is 0.228 e. The molecule has 3 rings (SSSR count). The molecule has 0 spiro atoms. The second-order valence-electron chi connectivity index (χ2n) is 6.26.